The fraction of sp³-hybridized carbons (Fsp3) is 0.100. The molecule has 28 heavy (non-hydrogen) atoms. The summed E-state index contributed by atoms with van der Waals surface area (Å²) in [5.74, 6) is 0. The van der Waals surface area contributed by atoms with Crippen molar-refractivity contribution >= 4 is 21.6 Å². The second kappa shape index (κ2) is 6.63. The smallest absolute Gasteiger partial charge is 0.296 e. The molecule has 4 rings (SSSR count). The average Bonchev–Trinajstić information content (AvgIpc) is 3.02. The van der Waals surface area contributed by atoms with E-state index in [1.165, 1.54) is 0 Å². The van der Waals surface area contributed by atoms with Gasteiger partial charge < -0.3 is 0 Å². The molecule has 0 saturated heterocycles. The molecule has 142 valence electrons. The molecule has 0 aliphatic carbocycles. The maximum Gasteiger partial charge on any atom is 0.435 e. The molecule has 0 aliphatic heterocycles. The minimum Gasteiger partial charge on any atom is -0.296 e. The third kappa shape index (κ3) is 3.03. The maximum atomic E-state index is 13.7. The Kier molecular flexibility index (Phi) is 4.38. The van der Waals surface area contributed by atoms with Crippen LogP contribution in [-0.4, -0.2) is 14.6 Å². The van der Waals surface area contributed by atoms with Crippen molar-refractivity contribution in [2.45, 2.75) is 13.1 Å². The number of alkyl halides is 3. The molecular formula is C20H13BrF3N3O. The van der Waals surface area contributed by atoms with Crippen molar-refractivity contribution in [2.24, 2.45) is 0 Å². The Morgan fingerprint density at radius 3 is 2.36 bits per heavy atom. The average molecular weight is 448 g/mol. The second-order valence-electron chi connectivity index (χ2n) is 6.28. The van der Waals surface area contributed by atoms with E-state index < -0.39 is 17.3 Å². The molecule has 2 heterocycles. The van der Waals surface area contributed by atoms with Gasteiger partial charge >= 0.3 is 6.18 Å². The van der Waals surface area contributed by atoms with Crippen LogP contribution in [0.2, 0.25) is 0 Å². The highest BCUT2D eigenvalue weighted by molar-refractivity contribution is 9.10. The number of aromatic amines is 1. The topological polar surface area (TPSA) is 50.2 Å². The van der Waals surface area contributed by atoms with E-state index >= 15 is 0 Å². The van der Waals surface area contributed by atoms with Crippen molar-refractivity contribution in [3.8, 4) is 22.4 Å². The molecule has 0 spiro atoms. The monoisotopic (exact) mass is 447 g/mol. The van der Waals surface area contributed by atoms with Crippen LogP contribution >= 0.6 is 15.9 Å². The highest BCUT2D eigenvalue weighted by atomic mass is 79.9. The number of nitrogens with zero attached hydrogens (tertiary/aromatic N) is 2. The lowest BCUT2D eigenvalue weighted by molar-refractivity contribution is -0.140. The zero-order chi connectivity index (χ0) is 20.1. The summed E-state index contributed by atoms with van der Waals surface area (Å²) in [6, 6.07) is 15.1. The SMILES string of the molecule is Cc1[nH]n2c(-c3ccccc3)c(C(F)(F)F)nc2c(=O)c1-c1cccc(Br)c1. The van der Waals surface area contributed by atoms with Gasteiger partial charge in [-0.25, -0.2) is 9.50 Å². The molecular weight excluding hydrogens is 435 g/mol. The number of halogens is 4. The largest absolute Gasteiger partial charge is 0.435 e. The highest BCUT2D eigenvalue weighted by Gasteiger charge is 2.39. The Hall–Kier alpha value is -2.87. The van der Waals surface area contributed by atoms with Crippen LogP contribution in [0.25, 0.3) is 28.0 Å². The van der Waals surface area contributed by atoms with Crippen LogP contribution in [0.1, 0.15) is 11.4 Å². The Balaban J connectivity index is 2.10. The van der Waals surface area contributed by atoms with Crippen molar-refractivity contribution < 1.29 is 13.2 Å². The van der Waals surface area contributed by atoms with Crippen molar-refractivity contribution in [2.75, 3.05) is 0 Å². The number of rotatable bonds is 2. The van der Waals surface area contributed by atoms with Crippen LogP contribution in [-0.2, 0) is 6.18 Å². The van der Waals surface area contributed by atoms with E-state index in [-0.39, 0.29) is 16.9 Å². The fourth-order valence-electron chi connectivity index (χ4n) is 3.24. The molecule has 0 radical (unpaired) electrons. The van der Waals surface area contributed by atoms with E-state index in [9.17, 15) is 18.0 Å². The van der Waals surface area contributed by atoms with Gasteiger partial charge in [0.2, 0.25) is 11.1 Å². The first-order chi connectivity index (χ1) is 13.3. The van der Waals surface area contributed by atoms with Crippen LogP contribution in [0.5, 0.6) is 0 Å². The second-order valence-corrected chi connectivity index (χ2v) is 7.20. The van der Waals surface area contributed by atoms with E-state index in [4.69, 9.17) is 0 Å². The molecule has 0 fully saturated rings. The lowest BCUT2D eigenvalue weighted by atomic mass is 10.0. The molecule has 0 atom stereocenters. The van der Waals surface area contributed by atoms with Crippen LogP contribution in [0.3, 0.4) is 0 Å². The lowest BCUT2D eigenvalue weighted by Crippen LogP contribution is -2.14. The molecule has 0 aliphatic rings. The van der Waals surface area contributed by atoms with Gasteiger partial charge in [-0.2, -0.15) is 13.2 Å². The van der Waals surface area contributed by atoms with E-state index in [2.05, 4.69) is 26.0 Å². The normalized spacial score (nSPS) is 11.9. The molecule has 1 N–H and O–H groups in total. The van der Waals surface area contributed by atoms with Gasteiger partial charge in [0.25, 0.3) is 0 Å². The first-order valence-corrected chi connectivity index (χ1v) is 9.10. The summed E-state index contributed by atoms with van der Waals surface area (Å²) < 4.78 is 42.9. The molecule has 0 unspecified atom stereocenters. The van der Waals surface area contributed by atoms with Crippen LogP contribution in [0.4, 0.5) is 13.2 Å². The standard InChI is InChI=1S/C20H13BrF3N3O/c1-11-15(13-8-5-9-14(21)10-13)17(28)19-25-18(20(22,23)24)16(27(19)26-11)12-6-3-2-4-7-12/h2-10,26H,1H3. The molecule has 0 saturated carbocycles. The number of benzene rings is 2. The Morgan fingerprint density at radius 2 is 1.71 bits per heavy atom. The minimum atomic E-state index is -4.71. The van der Waals surface area contributed by atoms with E-state index in [0.29, 0.717) is 16.8 Å². The Bertz CT molecular complexity index is 1240. The zero-order valence-electron chi connectivity index (χ0n) is 14.5. The maximum absolute atomic E-state index is 13.7. The fourth-order valence-corrected chi connectivity index (χ4v) is 3.64. The summed E-state index contributed by atoms with van der Waals surface area (Å²) >= 11 is 3.35. The molecule has 0 bridgehead atoms. The number of aromatic nitrogens is 3. The summed E-state index contributed by atoms with van der Waals surface area (Å²) in [6.07, 6.45) is -4.71. The number of imidazole rings is 1. The molecule has 4 nitrogen and oxygen atoms in total. The lowest BCUT2D eigenvalue weighted by Gasteiger charge is -2.10. The number of fused-ring (bicyclic) bond motifs is 1. The van der Waals surface area contributed by atoms with Crippen LogP contribution in [0.15, 0.2) is 63.9 Å². The van der Waals surface area contributed by atoms with Gasteiger partial charge in [0.1, 0.15) is 5.69 Å². The van der Waals surface area contributed by atoms with Gasteiger partial charge in [-0.1, -0.05) is 58.4 Å². The zero-order valence-corrected chi connectivity index (χ0v) is 16.1. The summed E-state index contributed by atoms with van der Waals surface area (Å²) in [5, 5.41) is 2.92. The van der Waals surface area contributed by atoms with Crippen molar-refractivity contribution in [1.29, 1.82) is 0 Å². The molecule has 2 aromatic carbocycles. The van der Waals surface area contributed by atoms with Gasteiger partial charge in [-0.15, -0.1) is 0 Å². The van der Waals surface area contributed by atoms with Crippen LogP contribution < -0.4 is 5.43 Å². The van der Waals surface area contributed by atoms with Crippen molar-refractivity contribution in [3.63, 3.8) is 0 Å². The quantitative estimate of drug-likeness (QED) is 0.444. The molecule has 0 amide bonds. The predicted molar refractivity (Wildman–Crippen MR) is 104 cm³/mol. The highest BCUT2D eigenvalue weighted by Crippen LogP contribution is 2.37. The number of H-pyrrole nitrogens is 1. The Labute approximate surface area is 165 Å². The van der Waals surface area contributed by atoms with Gasteiger partial charge in [-0.3, -0.25) is 9.89 Å². The third-order valence-electron chi connectivity index (χ3n) is 4.39. The first-order valence-electron chi connectivity index (χ1n) is 8.31. The summed E-state index contributed by atoms with van der Waals surface area (Å²) in [6.45, 7) is 1.65. The summed E-state index contributed by atoms with van der Waals surface area (Å²) in [7, 11) is 0. The van der Waals surface area contributed by atoms with E-state index in [0.717, 1.165) is 8.99 Å². The van der Waals surface area contributed by atoms with Gasteiger partial charge in [0.15, 0.2) is 5.69 Å². The third-order valence-corrected chi connectivity index (χ3v) is 4.88. The number of aryl methyl sites for hydroxylation is 1. The molecule has 4 aromatic rings. The summed E-state index contributed by atoms with van der Waals surface area (Å²) in [4.78, 5) is 16.8. The van der Waals surface area contributed by atoms with Gasteiger partial charge in [-0.05, 0) is 24.6 Å². The number of hydrogen-bond acceptors (Lipinski definition) is 2. The van der Waals surface area contributed by atoms with Crippen LogP contribution in [0, 0.1) is 6.92 Å². The Morgan fingerprint density at radius 1 is 1.04 bits per heavy atom. The van der Waals surface area contributed by atoms with Gasteiger partial charge in [0, 0.05) is 15.7 Å². The van der Waals surface area contributed by atoms with E-state index in [1.54, 1.807) is 61.5 Å². The van der Waals surface area contributed by atoms with E-state index in [1.807, 2.05) is 0 Å². The van der Waals surface area contributed by atoms with Gasteiger partial charge in [0.05, 0.1) is 5.56 Å². The number of nitrogens with one attached hydrogen (secondary N) is 1. The molecule has 2 aromatic heterocycles. The minimum absolute atomic E-state index is 0.191. The predicted octanol–water partition coefficient (Wildman–Crippen LogP) is 5.45. The first kappa shape index (κ1) is 18.5. The van der Waals surface area contributed by atoms with Crippen molar-refractivity contribution in [3.05, 3.63) is 80.7 Å². The van der Waals surface area contributed by atoms with Crippen molar-refractivity contribution in [1.82, 2.24) is 14.6 Å². The molecule has 8 heteroatoms. The number of hydrogen-bond donors (Lipinski definition) is 1. The summed E-state index contributed by atoms with van der Waals surface area (Å²) in [5.41, 5.74) is -0.525.